The fraction of sp³-hybridized carbons (Fsp3) is 0.360. The van der Waals surface area contributed by atoms with Crippen LogP contribution in [0.25, 0.3) is 0 Å². The van der Waals surface area contributed by atoms with E-state index in [0.717, 1.165) is 17.5 Å². The summed E-state index contributed by atoms with van der Waals surface area (Å²) < 4.78 is 0. The van der Waals surface area contributed by atoms with E-state index in [1.807, 2.05) is 49.4 Å². The summed E-state index contributed by atoms with van der Waals surface area (Å²) in [6.45, 7) is 2.57. The van der Waals surface area contributed by atoms with Gasteiger partial charge in [0.05, 0.1) is 6.04 Å². The maximum Gasteiger partial charge on any atom is 0.251 e. The van der Waals surface area contributed by atoms with Crippen molar-refractivity contribution in [2.45, 2.75) is 44.7 Å². The maximum atomic E-state index is 13.1. The first-order valence-corrected chi connectivity index (χ1v) is 10.9. The highest BCUT2D eigenvalue weighted by Crippen LogP contribution is 2.17. The van der Waals surface area contributed by atoms with Crippen molar-refractivity contribution < 1.29 is 19.2 Å². The van der Waals surface area contributed by atoms with E-state index in [9.17, 15) is 19.2 Å². The van der Waals surface area contributed by atoms with Gasteiger partial charge in [-0.05, 0) is 43.9 Å². The number of piperidine rings is 1. The molecule has 1 fully saturated rings. The second kappa shape index (κ2) is 11.2. The fourth-order valence-electron chi connectivity index (χ4n) is 3.80. The molecule has 1 aliphatic rings. The lowest BCUT2D eigenvalue weighted by Gasteiger charge is -2.26. The molecule has 32 heavy (non-hydrogen) atoms. The number of hydrogen-bond donors (Lipinski definition) is 3. The molecule has 3 atom stereocenters. The molecule has 1 heterocycles. The smallest absolute Gasteiger partial charge is 0.251 e. The average molecular weight is 436 g/mol. The Morgan fingerprint density at radius 3 is 2.47 bits per heavy atom. The third-order valence-electron chi connectivity index (χ3n) is 5.65. The minimum atomic E-state index is -0.867. The molecular formula is C25H29N3O4. The van der Waals surface area contributed by atoms with Crippen molar-refractivity contribution in [2.24, 2.45) is 5.92 Å². The third kappa shape index (κ3) is 6.51. The van der Waals surface area contributed by atoms with Gasteiger partial charge in [-0.1, -0.05) is 48.0 Å². The summed E-state index contributed by atoms with van der Waals surface area (Å²) in [4.78, 5) is 49.5. The van der Waals surface area contributed by atoms with Crippen LogP contribution in [0, 0.1) is 12.8 Å². The van der Waals surface area contributed by atoms with Crippen molar-refractivity contribution >= 4 is 24.0 Å². The number of amides is 3. The second-order valence-electron chi connectivity index (χ2n) is 8.20. The van der Waals surface area contributed by atoms with E-state index in [1.54, 1.807) is 12.1 Å². The summed E-state index contributed by atoms with van der Waals surface area (Å²) in [5.74, 6) is -1.22. The van der Waals surface area contributed by atoms with Gasteiger partial charge in [0.25, 0.3) is 5.91 Å². The number of aldehydes is 1. The highest BCUT2D eigenvalue weighted by atomic mass is 16.2. The molecule has 2 aromatic carbocycles. The number of carbonyl (C=O) groups excluding carboxylic acids is 4. The van der Waals surface area contributed by atoms with Gasteiger partial charge in [-0.2, -0.15) is 0 Å². The van der Waals surface area contributed by atoms with Gasteiger partial charge < -0.3 is 20.7 Å². The van der Waals surface area contributed by atoms with Crippen molar-refractivity contribution in [2.75, 3.05) is 6.54 Å². The SMILES string of the molecule is Cc1ccc(C(=O)N[C@H](Cc2ccccc2)C(=O)N[C@@H](C=O)C[C@@H]2CCCNC2=O)cc1. The molecule has 0 radical (unpaired) electrons. The molecule has 168 valence electrons. The van der Waals surface area contributed by atoms with Gasteiger partial charge in [0.2, 0.25) is 11.8 Å². The first kappa shape index (κ1) is 23.2. The highest BCUT2D eigenvalue weighted by Gasteiger charge is 2.29. The Hall–Kier alpha value is -3.48. The molecule has 0 unspecified atom stereocenters. The van der Waals surface area contributed by atoms with Crippen LogP contribution >= 0.6 is 0 Å². The van der Waals surface area contributed by atoms with Crippen LogP contribution in [-0.4, -0.2) is 42.6 Å². The van der Waals surface area contributed by atoms with Crippen LogP contribution in [0.2, 0.25) is 0 Å². The van der Waals surface area contributed by atoms with Crippen LogP contribution in [0.3, 0.4) is 0 Å². The molecule has 7 heteroatoms. The fourth-order valence-corrected chi connectivity index (χ4v) is 3.80. The minimum absolute atomic E-state index is 0.0918. The zero-order chi connectivity index (χ0) is 22.9. The molecule has 1 aliphatic heterocycles. The standard InChI is InChI=1S/C25H29N3O4/c1-17-9-11-19(12-10-17)24(31)28-22(14-18-6-3-2-4-7-18)25(32)27-21(16-29)15-20-8-5-13-26-23(20)30/h2-4,6-7,9-12,16,20-22H,5,8,13-15H2,1H3,(H,26,30)(H,27,32)(H,28,31)/t20-,21+,22+/m0/s1. The minimum Gasteiger partial charge on any atom is -0.356 e. The van der Waals surface area contributed by atoms with E-state index in [2.05, 4.69) is 16.0 Å². The molecule has 0 aromatic heterocycles. The van der Waals surface area contributed by atoms with E-state index in [0.29, 0.717) is 24.8 Å². The Balaban J connectivity index is 1.71. The van der Waals surface area contributed by atoms with Crippen LogP contribution in [0.4, 0.5) is 0 Å². The summed E-state index contributed by atoms with van der Waals surface area (Å²) >= 11 is 0. The largest absolute Gasteiger partial charge is 0.356 e. The van der Waals surface area contributed by atoms with E-state index >= 15 is 0 Å². The Bertz CT molecular complexity index is 943. The lowest BCUT2D eigenvalue weighted by Crippen LogP contribution is -2.52. The summed E-state index contributed by atoms with van der Waals surface area (Å²) in [5.41, 5.74) is 2.36. The van der Waals surface area contributed by atoms with Crippen molar-refractivity contribution in [3.63, 3.8) is 0 Å². The van der Waals surface area contributed by atoms with E-state index in [-0.39, 0.29) is 30.6 Å². The number of aryl methyl sites for hydroxylation is 1. The molecule has 1 saturated heterocycles. The van der Waals surface area contributed by atoms with Crippen molar-refractivity contribution in [3.05, 3.63) is 71.3 Å². The first-order valence-electron chi connectivity index (χ1n) is 10.9. The van der Waals surface area contributed by atoms with E-state index in [4.69, 9.17) is 0 Å². The second-order valence-corrected chi connectivity index (χ2v) is 8.20. The van der Waals surface area contributed by atoms with Crippen LogP contribution < -0.4 is 16.0 Å². The molecule has 0 saturated carbocycles. The van der Waals surface area contributed by atoms with Crippen LogP contribution in [-0.2, 0) is 20.8 Å². The van der Waals surface area contributed by atoms with Crippen LogP contribution in [0.15, 0.2) is 54.6 Å². The molecule has 0 aliphatic carbocycles. The van der Waals surface area contributed by atoms with Gasteiger partial charge in [0, 0.05) is 24.4 Å². The number of carbonyl (C=O) groups is 4. The molecule has 7 nitrogen and oxygen atoms in total. The van der Waals surface area contributed by atoms with Crippen LogP contribution in [0.5, 0.6) is 0 Å². The van der Waals surface area contributed by atoms with Crippen LogP contribution in [0.1, 0.15) is 40.7 Å². The summed E-state index contributed by atoms with van der Waals surface area (Å²) in [6.07, 6.45) is 2.70. The van der Waals surface area contributed by atoms with E-state index in [1.165, 1.54) is 0 Å². The number of nitrogens with one attached hydrogen (secondary N) is 3. The predicted octanol–water partition coefficient (Wildman–Crippen LogP) is 1.94. The van der Waals surface area contributed by atoms with Gasteiger partial charge in [-0.15, -0.1) is 0 Å². The average Bonchev–Trinajstić information content (AvgIpc) is 2.80. The monoisotopic (exact) mass is 435 g/mol. The van der Waals surface area contributed by atoms with Crippen molar-refractivity contribution in [1.29, 1.82) is 0 Å². The number of hydrogen-bond acceptors (Lipinski definition) is 4. The van der Waals surface area contributed by atoms with Crippen molar-refractivity contribution in [3.8, 4) is 0 Å². The van der Waals surface area contributed by atoms with E-state index < -0.39 is 18.0 Å². The normalized spacial score (nSPS) is 17.5. The molecule has 3 N–H and O–H groups in total. The molecule has 2 aromatic rings. The Morgan fingerprint density at radius 2 is 1.81 bits per heavy atom. The first-order chi connectivity index (χ1) is 15.5. The zero-order valence-electron chi connectivity index (χ0n) is 18.2. The Morgan fingerprint density at radius 1 is 1.09 bits per heavy atom. The summed E-state index contributed by atoms with van der Waals surface area (Å²) in [7, 11) is 0. The zero-order valence-corrected chi connectivity index (χ0v) is 18.2. The third-order valence-corrected chi connectivity index (χ3v) is 5.65. The predicted molar refractivity (Wildman–Crippen MR) is 121 cm³/mol. The van der Waals surface area contributed by atoms with Gasteiger partial charge >= 0.3 is 0 Å². The summed E-state index contributed by atoms with van der Waals surface area (Å²) in [6, 6.07) is 14.8. The Labute approximate surface area is 188 Å². The molecule has 3 rings (SSSR count). The number of benzene rings is 2. The molecular weight excluding hydrogens is 406 g/mol. The van der Waals surface area contributed by atoms with Gasteiger partial charge in [-0.3, -0.25) is 14.4 Å². The van der Waals surface area contributed by atoms with Crippen molar-refractivity contribution in [1.82, 2.24) is 16.0 Å². The molecule has 3 amide bonds. The lowest BCUT2D eigenvalue weighted by molar-refractivity contribution is -0.129. The maximum absolute atomic E-state index is 13.1. The lowest BCUT2D eigenvalue weighted by atomic mass is 9.92. The van der Waals surface area contributed by atoms with Gasteiger partial charge in [0.1, 0.15) is 12.3 Å². The molecule has 0 bridgehead atoms. The van der Waals surface area contributed by atoms with Gasteiger partial charge in [0.15, 0.2) is 0 Å². The summed E-state index contributed by atoms with van der Waals surface area (Å²) in [5, 5.41) is 8.31. The Kier molecular flexibility index (Phi) is 8.14. The number of rotatable bonds is 9. The molecule has 0 spiro atoms. The quantitative estimate of drug-likeness (QED) is 0.524. The van der Waals surface area contributed by atoms with Gasteiger partial charge in [-0.25, -0.2) is 0 Å². The highest BCUT2D eigenvalue weighted by molar-refractivity contribution is 5.98. The topological polar surface area (TPSA) is 104 Å².